The maximum Gasteiger partial charge on any atom is 0.225 e. The van der Waals surface area contributed by atoms with E-state index >= 15 is 0 Å². The van der Waals surface area contributed by atoms with E-state index in [1.165, 1.54) is 18.4 Å². The van der Waals surface area contributed by atoms with Crippen LogP contribution in [0.25, 0.3) is 0 Å². The summed E-state index contributed by atoms with van der Waals surface area (Å²) in [5.74, 6) is 0.939. The molecule has 0 spiro atoms. The van der Waals surface area contributed by atoms with Crippen LogP contribution in [0.3, 0.4) is 0 Å². The summed E-state index contributed by atoms with van der Waals surface area (Å²) in [5, 5.41) is 0. The van der Waals surface area contributed by atoms with Crippen molar-refractivity contribution in [2.75, 3.05) is 38.6 Å². The molecule has 3 heterocycles. The molecule has 2 unspecified atom stereocenters. The number of fused-ring (bicyclic) bond motifs is 2. The van der Waals surface area contributed by atoms with Gasteiger partial charge in [-0.3, -0.25) is 0 Å². The lowest BCUT2D eigenvalue weighted by atomic mass is 10.2. The van der Waals surface area contributed by atoms with Crippen molar-refractivity contribution in [3.05, 3.63) is 18.0 Å². The number of anilines is 1. The summed E-state index contributed by atoms with van der Waals surface area (Å²) >= 11 is 0. The van der Waals surface area contributed by atoms with Crippen LogP contribution in [0.2, 0.25) is 0 Å². The highest BCUT2D eigenvalue weighted by atomic mass is 15.4. The smallest absolute Gasteiger partial charge is 0.225 e. The Labute approximate surface area is 154 Å². The van der Waals surface area contributed by atoms with E-state index < -0.39 is 0 Å². The largest absolute Gasteiger partial charge is 0.332 e. The summed E-state index contributed by atoms with van der Waals surface area (Å²) in [6.07, 6.45) is 8.86. The number of rotatable bonds is 6. The van der Waals surface area contributed by atoms with Gasteiger partial charge in [0.05, 0.1) is 0 Å². The first-order valence-electron chi connectivity index (χ1n) is 10.0. The van der Waals surface area contributed by atoms with Gasteiger partial charge in [0.25, 0.3) is 0 Å². The zero-order chi connectivity index (χ0) is 18.4. The Kier molecular flexibility index (Phi) is 7.63. The molecule has 2 saturated heterocycles. The first kappa shape index (κ1) is 20.1. The quantitative estimate of drug-likeness (QED) is 0.790. The monoisotopic (exact) mass is 347 g/mol. The fraction of sp³-hybridized carbons (Fsp3) is 0.800. The van der Waals surface area contributed by atoms with Gasteiger partial charge in [-0.1, -0.05) is 13.8 Å². The highest BCUT2D eigenvalue weighted by Crippen LogP contribution is 2.32. The van der Waals surface area contributed by atoms with Gasteiger partial charge in [-0.05, 0) is 65.7 Å². The van der Waals surface area contributed by atoms with Crippen molar-refractivity contribution in [3.8, 4) is 0 Å². The van der Waals surface area contributed by atoms with Crippen molar-refractivity contribution >= 4 is 5.95 Å². The summed E-state index contributed by atoms with van der Waals surface area (Å²) < 4.78 is 0. The second-order valence-electron chi connectivity index (χ2n) is 7.58. The van der Waals surface area contributed by atoms with Crippen molar-refractivity contribution < 1.29 is 0 Å². The number of aromatic nitrogens is 2. The standard InChI is InChI=1S/C18H31N5.C2H6/c1-14(2)22(4)9-5-6-15-10-19-18(20-11-15)23-16-7-8-17(23)13-21(3)12-16;1-2/h10-11,14,16-17H,5-9,12-13H2,1-4H3;1-2H3. The SMILES string of the molecule is CC.CC(C)N(C)CCCc1cnc(N2C3CCC2CN(C)C3)nc1. The fourth-order valence-corrected chi connectivity index (χ4v) is 3.84. The van der Waals surface area contributed by atoms with E-state index in [9.17, 15) is 0 Å². The van der Waals surface area contributed by atoms with E-state index in [1.807, 2.05) is 26.2 Å². The van der Waals surface area contributed by atoms with Crippen LogP contribution in [0.15, 0.2) is 12.4 Å². The van der Waals surface area contributed by atoms with Crippen LogP contribution in [-0.2, 0) is 6.42 Å². The molecule has 2 bridgehead atoms. The topological polar surface area (TPSA) is 35.5 Å². The van der Waals surface area contributed by atoms with Gasteiger partial charge in [-0.2, -0.15) is 0 Å². The van der Waals surface area contributed by atoms with Crippen LogP contribution in [0.5, 0.6) is 0 Å². The minimum absolute atomic E-state index is 0.601. The molecule has 0 amide bonds. The van der Waals surface area contributed by atoms with E-state index in [0.29, 0.717) is 18.1 Å². The van der Waals surface area contributed by atoms with Gasteiger partial charge in [0, 0.05) is 43.6 Å². The number of nitrogens with zero attached hydrogens (tertiary/aromatic N) is 5. The maximum absolute atomic E-state index is 4.68. The predicted molar refractivity (Wildman–Crippen MR) is 106 cm³/mol. The average Bonchev–Trinajstić information content (AvgIpc) is 2.88. The van der Waals surface area contributed by atoms with E-state index in [-0.39, 0.29) is 0 Å². The van der Waals surface area contributed by atoms with Crippen molar-refractivity contribution in [3.63, 3.8) is 0 Å². The van der Waals surface area contributed by atoms with Gasteiger partial charge >= 0.3 is 0 Å². The van der Waals surface area contributed by atoms with Crippen molar-refractivity contribution in [1.82, 2.24) is 19.8 Å². The van der Waals surface area contributed by atoms with Crippen LogP contribution >= 0.6 is 0 Å². The van der Waals surface area contributed by atoms with Gasteiger partial charge in [0.1, 0.15) is 0 Å². The van der Waals surface area contributed by atoms with Gasteiger partial charge < -0.3 is 14.7 Å². The number of piperazine rings is 1. The molecule has 0 radical (unpaired) electrons. The molecule has 2 atom stereocenters. The molecule has 0 N–H and O–H groups in total. The highest BCUT2D eigenvalue weighted by Gasteiger charge is 2.39. The Morgan fingerprint density at radius 3 is 2.20 bits per heavy atom. The van der Waals surface area contributed by atoms with Crippen LogP contribution in [-0.4, -0.2) is 71.6 Å². The summed E-state index contributed by atoms with van der Waals surface area (Å²) in [7, 11) is 4.41. The van der Waals surface area contributed by atoms with Crippen LogP contribution in [0, 0.1) is 0 Å². The number of likely N-dealkylation sites (tertiary alicyclic amines) is 1. The molecule has 5 nitrogen and oxygen atoms in total. The van der Waals surface area contributed by atoms with Crippen molar-refractivity contribution in [1.29, 1.82) is 0 Å². The Hall–Kier alpha value is -1.20. The third-order valence-corrected chi connectivity index (χ3v) is 5.45. The number of likely N-dealkylation sites (N-methyl/N-ethyl adjacent to an activating group) is 1. The molecule has 3 rings (SSSR count). The van der Waals surface area contributed by atoms with Crippen molar-refractivity contribution in [2.45, 2.75) is 71.5 Å². The second-order valence-corrected chi connectivity index (χ2v) is 7.58. The molecule has 25 heavy (non-hydrogen) atoms. The molecular weight excluding hydrogens is 310 g/mol. The Bertz CT molecular complexity index is 487. The molecule has 142 valence electrons. The lowest BCUT2D eigenvalue weighted by molar-refractivity contribution is 0.262. The molecule has 0 aliphatic carbocycles. The highest BCUT2D eigenvalue weighted by molar-refractivity contribution is 5.37. The average molecular weight is 348 g/mol. The van der Waals surface area contributed by atoms with Gasteiger partial charge in [-0.25, -0.2) is 9.97 Å². The third-order valence-electron chi connectivity index (χ3n) is 5.45. The van der Waals surface area contributed by atoms with E-state index in [4.69, 9.17) is 0 Å². The van der Waals surface area contributed by atoms with E-state index in [0.717, 1.165) is 38.4 Å². The van der Waals surface area contributed by atoms with Crippen molar-refractivity contribution in [2.24, 2.45) is 0 Å². The molecule has 1 aromatic rings. The summed E-state index contributed by atoms with van der Waals surface area (Å²) in [6.45, 7) is 11.9. The second kappa shape index (κ2) is 9.48. The number of aryl methyl sites for hydroxylation is 1. The van der Waals surface area contributed by atoms with E-state index in [2.05, 4.69) is 52.6 Å². The van der Waals surface area contributed by atoms with Crippen LogP contribution in [0.4, 0.5) is 5.95 Å². The zero-order valence-corrected chi connectivity index (χ0v) is 17.1. The van der Waals surface area contributed by atoms with Crippen LogP contribution in [0.1, 0.15) is 52.5 Å². The number of hydrogen-bond donors (Lipinski definition) is 0. The molecular formula is C20H37N5. The molecule has 1 aromatic heterocycles. The Balaban J connectivity index is 0.00000109. The first-order chi connectivity index (χ1) is 12.0. The van der Waals surface area contributed by atoms with Gasteiger partial charge in [0.2, 0.25) is 5.95 Å². The normalized spacial score (nSPS) is 23.1. The molecule has 2 fully saturated rings. The minimum Gasteiger partial charge on any atom is -0.332 e. The van der Waals surface area contributed by atoms with Crippen LogP contribution < -0.4 is 4.90 Å². The van der Waals surface area contributed by atoms with Gasteiger partial charge in [-0.15, -0.1) is 0 Å². The first-order valence-corrected chi connectivity index (χ1v) is 10.0. The fourth-order valence-electron chi connectivity index (χ4n) is 3.84. The molecule has 2 aliphatic rings. The molecule has 0 aromatic carbocycles. The lowest BCUT2D eigenvalue weighted by Gasteiger charge is -2.39. The Morgan fingerprint density at radius 2 is 1.68 bits per heavy atom. The Morgan fingerprint density at radius 1 is 1.12 bits per heavy atom. The summed E-state index contributed by atoms with van der Waals surface area (Å²) in [5.41, 5.74) is 1.26. The molecule has 2 aliphatic heterocycles. The minimum atomic E-state index is 0.601. The third kappa shape index (κ3) is 5.14. The number of hydrogen-bond acceptors (Lipinski definition) is 5. The van der Waals surface area contributed by atoms with E-state index in [1.54, 1.807) is 0 Å². The molecule has 5 heteroatoms. The summed E-state index contributed by atoms with van der Waals surface area (Å²) in [6, 6.07) is 1.81. The predicted octanol–water partition coefficient (Wildman–Crippen LogP) is 3.06. The summed E-state index contributed by atoms with van der Waals surface area (Å²) in [4.78, 5) is 16.7. The zero-order valence-electron chi connectivity index (χ0n) is 17.1. The lowest BCUT2D eigenvalue weighted by Crippen LogP contribution is -2.53. The maximum atomic E-state index is 4.68. The van der Waals surface area contributed by atoms with Gasteiger partial charge in [0.15, 0.2) is 0 Å². The molecule has 0 saturated carbocycles.